The van der Waals surface area contributed by atoms with Gasteiger partial charge in [-0.1, -0.05) is 54.6 Å². The molecule has 0 spiro atoms. The van der Waals surface area contributed by atoms with Crippen LogP contribution in [0.15, 0.2) is 83.9 Å². The molecule has 0 saturated heterocycles. The van der Waals surface area contributed by atoms with Gasteiger partial charge < -0.3 is 9.47 Å². The third kappa shape index (κ3) is 7.27. The Morgan fingerprint density at radius 2 is 1.47 bits per heavy atom. The Bertz CT molecular complexity index is 1040. The predicted octanol–water partition coefficient (Wildman–Crippen LogP) is 6.25. The van der Waals surface area contributed by atoms with Crippen LogP contribution in [0, 0.1) is 0 Å². The van der Waals surface area contributed by atoms with E-state index < -0.39 is 6.36 Å². The summed E-state index contributed by atoms with van der Waals surface area (Å²) >= 11 is 0. The molecule has 3 aromatic rings. The highest BCUT2D eigenvalue weighted by atomic mass is 19.4. The highest BCUT2D eigenvalue weighted by Gasteiger charge is 2.30. The summed E-state index contributed by atoms with van der Waals surface area (Å²) in [5, 5.41) is 0. The van der Waals surface area contributed by atoms with Gasteiger partial charge in [0.1, 0.15) is 5.75 Å². The van der Waals surface area contributed by atoms with Crippen molar-refractivity contribution in [2.75, 3.05) is 6.61 Å². The minimum atomic E-state index is -4.71. The van der Waals surface area contributed by atoms with E-state index in [9.17, 15) is 18.0 Å². The first-order chi connectivity index (χ1) is 15.3. The summed E-state index contributed by atoms with van der Waals surface area (Å²) in [6, 6.07) is 22.7. The Balaban J connectivity index is 1.75. The first-order valence-corrected chi connectivity index (χ1v) is 10.0. The fourth-order valence-electron chi connectivity index (χ4n) is 3.07. The number of alkyl halides is 3. The number of esters is 1. The summed E-state index contributed by atoms with van der Waals surface area (Å²) < 4.78 is 45.8. The van der Waals surface area contributed by atoms with Crippen LogP contribution in [0.1, 0.15) is 30.0 Å². The molecule has 0 aliphatic rings. The zero-order valence-electron chi connectivity index (χ0n) is 17.4. The maximum Gasteiger partial charge on any atom is 0.573 e. The van der Waals surface area contributed by atoms with Crippen LogP contribution >= 0.6 is 0 Å². The molecule has 0 N–H and O–H groups in total. The van der Waals surface area contributed by atoms with Crippen LogP contribution in [0.3, 0.4) is 0 Å². The maximum atomic E-state index is 12.3. The molecule has 0 saturated carbocycles. The molecule has 32 heavy (non-hydrogen) atoms. The average Bonchev–Trinajstić information content (AvgIpc) is 2.75. The minimum Gasteiger partial charge on any atom is -0.466 e. The molecule has 3 aromatic carbocycles. The molecule has 0 fully saturated rings. The van der Waals surface area contributed by atoms with Crippen molar-refractivity contribution in [3.63, 3.8) is 0 Å². The number of carbonyl (C=O) groups excluding carboxylic acids is 1. The molecule has 0 radical (unpaired) electrons. The van der Waals surface area contributed by atoms with E-state index in [4.69, 9.17) is 4.74 Å². The second-order valence-corrected chi connectivity index (χ2v) is 6.94. The summed E-state index contributed by atoms with van der Waals surface area (Å²) in [5.41, 5.74) is 3.93. The lowest BCUT2D eigenvalue weighted by Gasteiger charge is -2.10. The van der Waals surface area contributed by atoms with E-state index in [1.807, 2.05) is 54.6 Å². The molecule has 166 valence electrons. The Kier molecular flexibility index (Phi) is 7.65. The first kappa shape index (κ1) is 23.1. The van der Waals surface area contributed by atoms with Crippen molar-refractivity contribution in [1.29, 1.82) is 0 Å². The van der Waals surface area contributed by atoms with Gasteiger partial charge in [0, 0.05) is 0 Å². The van der Waals surface area contributed by atoms with Gasteiger partial charge in [-0.25, -0.2) is 0 Å². The van der Waals surface area contributed by atoms with E-state index in [2.05, 4.69) is 9.73 Å². The Morgan fingerprint density at radius 1 is 0.875 bits per heavy atom. The van der Waals surface area contributed by atoms with Gasteiger partial charge in [0.25, 0.3) is 0 Å². The second-order valence-electron chi connectivity index (χ2n) is 6.94. The monoisotopic (exact) mass is 441 g/mol. The Hall–Kier alpha value is -3.61. The minimum absolute atomic E-state index is 0.0444. The number of rotatable bonds is 8. The van der Waals surface area contributed by atoms with Crippen molar-refractivity contribution in [2.24, 2.45) is 4.99 Å². The smallest absolute Gasteiger partial charge is 0.466 e. The fourth-order valence-corrected chi connectivity index (χ4v) is 3.07. The van der Waals surface area contributed by atoms with Crippen LogP contribution in [0.2, 0.25) is 0 Å². The molecule has 0 unspecified atom stereocenters. The molecule has 0 atom stereocenters. The number of nitrogens with zero attached hydrogens (tertiary/aromatic N) is 1. The predicted molar refractivity (Wildman–Crippen MR) is 116 cm³/mol. The summed E-state index contributed by atoms with van der Waals surface area (Å²) in [7, 11) is 0. The van der Waals surface area contributed by atoms with Crippen LogP contribution in [0.25, 0.3) is 0 Å². The highest BCUT2D eigenvalue weighted by Crippen LogP contribution is 2.24. The van der Waals surface area contributed by atoms with Crippen LogP contribution in [-0.4, -0.2) is 24.7 Å². The SMILES string of the molecule is CCOC(=O)CC(=Nc1ccccc1)c1ccc(Cc2ccc(OC(F)(F)F)cc2)cc1. The lowest BCUT2D eigenvalue weighted by atomic mass is 10.0. The number of halogens is 3. The third-order valence-electron chi connectivity index (χ3n) is 4.49. The van der Waals surface area contributed by atoms with E-state index in [1.165, 1.54) is 12.1 Å². The van der Waals surface area contributed by atoms with Crippen LogP contribution in [-0.2, 0) is 16.0 Å². The molecule has 0 aliphatic carbocycles. The van der Waals surface area contributed by atoms with Crippen LogP contribution in [0.4, 0.5) is 18.9 Å². The van der Waals surface area contributed by atoms with Crippen molar-refractivity contribution in [3.8, 4) is 5.75 Å². The third-order valence-corrected chi connectivity index (χ3v) is 4.49. The molecular weight excluding hydrogens is 419 g/mol. The summed E-state index contributed by atoms with van der Waals surface area (Å²) in [5.74, 6) is -0.607. The van der Waals surface area contributed by atoms with Gasteiger partial charge in [0.15, 0.2) is 0 Å². The largest absolute Gasteiger partial charge is 0.573 e. The second kappa shape index (κ2) is 10.6. The van der Waals surface area contributed by atoms with E-state index in [1.54, 1.807) is 19.1 Å². The van der Waals surface area contributed by atoms with Gasteiger partial charge >= 0.3 is 12.3 Å². The number of carbonyl (C=O) groups is 1. The van der Waals surface area contributed by atoms with Crippen molar-refractivity contribution >= 4 is 17.4 Å². The average molecular weight is 441 g/mol. The molecule has 4 nitrogen and oxygen atoms in total. The molecule has 0 aliphatic heterocycles. The van der Waals surface area contributed by atoms with E-state index in [-0.39, 0.29) is 18.1 Å². The standard InChI is InChI=1S/C25H22F3NO3/c1-2-31-24(30)17-23(29-21-6-4-3-5-7-21)20-12-8-18(9-13-20)16-19-10-14-22(15-11-19)32-25(26,27)28/h3-15H,2,16-17H2,1H3. The van der Waals surface area contributed by atoms with Gasteiger partial charge in [0.05, 0.1) is 24.4 Å². The molecule has 3 rings (SSSR count). The number of aliphatic imine (C=N–C) groups is 1. The zero-order chi connectivity index (χ0) is 23.0. The number of hydrogen-bond acceptors (Lipinski definition) is 4. The number of ether oxygens (including phenoxy) is 2. The lowest BCUT2D eigenvalue weighted by molar-refractivity contribution is -0.274. The van der Waals surface area contributed by atoms with E-state index >= 15 is 0 Å². The number of hydrogen-bond donors (Lipinski definition) is 0. The van der Waals surface area contributed by atoms with Crippen molar-refractivity contribution in [3.05, 3.63) is 95.6 Å². The number of benzene rings is 3. The van der Waals surface area contributed by atoms with Crippen LogP contribution in [0.5, 0.6) is 5.75 Å². The lowest BCUT2D eigenvalue weighted by Crippen LogP contribution is -2.17. The quantitative estimate of drug-likeness (QED) is 0.307. The van der Waals surface area contributed by atoms with E-state index in [0.29, 0.717) is 18.7 Å². The van der Waals surface area contributed by atoms with Gasteiger partial charge in [-0.05, 0) is 54.3 Å². The van der Waals surface area contributed by atoms with E-state index in [0.717, 1.165) is 22.4 Å². The van der Waals surface area contributed by atoms with Crippen molar-refractivity contribution in [1.82, 2.24) is 0 Å². The van der Waals surface area contributed by atoms with Gasteiger partial charge in [-0.15, -0.1) is 13.2 Å². The Labute approximate surface area is 184 Å². The maximum absolute atomic E-state index is 12.3. The van der Waals surface area contributed by atoms with Crippen LogP contribution < -0.4 is 4.74 Å². The molecule has 0 bridgehead atoms. The number of para-hydroxylation sites is 1. The van der Waals surface area contributed by atoms with Gasteiger partial charge in [-0.2, -0.15) is 0 Å². The zero-order valence-corrected chi connectivity index (χ0v) is 17.4. The summed E-state index contributed by atoms with van der Waals surface area (Å²) in [4.78, 5) is 16.7. The highest BCUT2D eigenvalue weighted by molar-refractivity contribution is 6.10. The molecule has 0 heterocycles. The first-order valence-electron chi connectivity index (χ1n) is 10.0. The molecular formula is C25H22F3NO3. The molecule has 0 aromatic heterocycles. The molecule has 0 amide bonds. The molecule has 7 heteroatoms. The van der Waals surface area contributed by atoms with Gasteiger partial charge in [0.2, 0.25) is 0 Å². The topological polar surface area (TPSA) is 47.9 Å². The fraction of sp³-hybridized carbons (Fsp3) is 0.200. The summed E-state index contributed by atoms with van der Waals surface area (Å²) in [6.07, 6.45) is -4.13. The van der Waals surface area contributed by atoms with Gasteiger partial charge in [-0.3, -0.25) is 9.79 Å². The van der Waals surface area contributed by atoms with Crippen molar-refractivity contribution in [2.45, 2.75) is 26.1 Å². The normalized spacial score (nSPS) is 11.8. The summed E-state index contributed by atoms with van der Waals surface area (Å²) in [6.45, 7) is 2.05. The Morgan fingerprint density at radius 3 is 2.03 bits per heavy atom. The van der Waals surface area contributed by atoms with Crippen molar-refractivity contribution < 1.29 is 27.4 Å².